The van der Waals surface area contributed by atoms with E-state index in [2.05, 4.69) is 16.0 Å². The number of imide groups is 1. The zero-order valence-corrected chi connectivity index (χ0v) is 17.1. The predicted molar refractivity (Wildman–Crippen MR) is 110 cm³/mol. The Balaban J connectivity index is 1.73. The summed E-state index contributed by atoms with van der Waals surface area (Å²) in [4.78, 5) is 49.9. The number of hydrogen-bond donors (Lipinski definition) is 3. The van der Waals surface area contributed by atoms with E-state index in [-0.39, 0.29) is 5.91 Å². The summed E-state index contributed by atoms with van der Waals surface area (Å²) in [5.41, 5.74) is -0.330. The molecule has 3 N–H and O–H groups in total. The fourth-order valence-corrected chi connectivity index (χ4v) is 3.24. The van der Waals surface area contributed by atoms with Crippen LogP contribution in [0.1, 0.15) is 19.4 Å². The molecule has 5 amide bonds. The van der Waals surface area contributed by atoms with Crippen molar-refractivity contribution < 1.29 is 28.3 Å². The van der Waals surface area contributed by atoms with Crippen LogP contribution in [0.4, 0.5) is 20.6 Å². The van der Waals surface area contributed by atoms with Crippen LogP contribution in [0, 0.1) is 5.82 Å². The molecule has 0 radical (unpaired) electrons. The van der Waals surface area contributed by atoms with Crippen molar-refractivity contribution in [1.29, 1.82) is 0 Å². The molecule has 1 fully saturated rings. The number of nitrogens with zero attached hydrogens (tertiary/aromatic N) is 1. The average Bonchev–Trinajstić information content (AvgIpc) is 2.92. The van der Waals surface area contributed by atoms with E-state index in [9.17, 15) is 23.6 Å². The van der Waals surface area contributed by atoms with Crippen molar-refractivity contribution in [2.24, 2.45) is 0 Å². The Morgan fingerprint density at radius 1 is 1.13 bits per heavy atom. The lowest BCUT2D eigenvalue weighted by Crippen LogP contribution is -2.42. The molecule has 1 heterocycles. The van der Waals surface area contributed by atoms with Gasteiger partial charge in [-0.3, -0.25) is 19.3 Å². The fraction of sp³-hybridized carbons (Fsp3) is 0.238. The number of ether oxygens (including phenoxy) is 1. The molecule has 0 aromatic heterocycles. The van der Waals surface area contributed by atoms with Gasteiger partial charge in [-0.1, -0.05) is 12.1 Å². The van der Waals surface area contributed by atoms with E-state index in [0.717, 1.165) is 4.90 Å². The van der Waals surface area contributed by atoms with E-state index in [4.69, 9.17) is 4.74 Å². The summed E-state index contributed by atoms with van der Waals surface area (Å²) >= 11 is 0. The van der Waals surface area contributed by atoms with Crippen molar-refractivity contribution in [3.05, 3.63) is 53.8 Å². The van der Waals surface area contributed by atoms with Crippen LogP contribution in [0.5, 0.6) is 5.75 Å². The van der Waals surface area contributed by atoms with Gasteiger partial charge in [0.25, 0.3) is 5.91 Å². The lowest BCUT2D eigenvalue weighted by Gasteiger charge is -2.22. The number of nitrogens with one attached hydrogen (secondary N) is 3. The third-order valence-corrected chi connectivity index (χ3v) is 4.79. The molecule has 9 nitrogen and oxygen atoms in total. The van der Waals surface area contributed by atoms with E-state index in [0.29, 0.717) is 22.7 Å². The summed E-state index contributed by atoms with van der Waals surface area (Å²) in [7, 11) is 1.44. The lowest BCUT2D eigenvalue weighted by atomic mass is 9.92. The topological polar surface area (TPSA) is 117 Å². The fourth-order valence-electron chi connectivity index (χ4n) is 3.24. The molecular formula is C21H21FN4O5. The molecule has 2 aromatic carbocycles. The first kappa shape index (κ1) is 21.8. The first-order valence-electron chi connectivity index (χ1n) is 9.29. The van der Waals surface area contributed by atoms with E-state index in [1.54, 1.807) is 12.1 Å². The van der Waals surface area contributed by atoms with Gasteiger partial charge < -0.3 is 20.7 Å². The number of anilines is 2. The summed E-state index contributed by atoms with van der Waals surface area (Å²) in [5.74, 6) is -1.64. The SMILES string of the molecule is COc1ccc(NC(=O)CN2C(=O)NC(C)(c3ccc(F)cc3)C2=O)cc1NC(C)=O. The molecule has 1 atom stereocenters. The Kier molecular flexibility index (Phi) is 5.91. The summed E-state index contributed by atoms with van der Waals surface area (Å²) in [6, 6.07) is 9.04. The molecule has 2 aromatic rings. The van der Waals surface area contributed by atoms with Gasteiger partial charge >= 0.3 is 6.03 Å². The van der Waals surface area contributed by atoms with E-state index >= 15 is 0 Å². The summed E-state index contributed by atoms with van der Waals surface area (Å²) in [6.45, 7) is 2.30. The highest BCUT2D eigenvalue weighted by Crippen LogP contribution is 2.30. The molecule has 0 aliphatic carbocycles. The van der Waals surface area contributed by atoms with Crippen molar-refractivity contribution in [1.82, 2.24) is 10.2 Å². The van der Waals surface area contributed by atoms with Crippen LogP contribution < -0.4 is 20.7 Å². The number of halogens is 1. The summed E-state index contributed by atoms with van der Waals surface area (Å²) in [6.07, 6.45) is 0. The Morgan fingerprint density at radius 3 is 2.42 bits per heavy atom. The molecule has 1 unspecified atom stereocenters. The molecule has 162 valence electrons. The number of carbonyl (C=O) groups excluding carboxylic acids is 4. The van der Waals surface area contributed by atoms with Crippen molar-refractivity contribution in [2.75, 3.05) is 24.3 Å². The van der Waals surface area contributed by atoms with Crippen LogP contribution in [0.15, 0.2) is 42.5 Å². The van der Waals surface area contributed by atoms with Gasteiger partial charge in [-0.2, -0.15) is 0 Å². The number of urea groups is 1. The third-order valence-electron chi connectivity index (χ3n) is 4.79. The molecule has 3 rings (SSSR count). The summed E-state index contributed by atoms with van der Waals surface area (Å²) < 4.78 is 18.4. The third kappa shape index (κ3) is 4.47. The molecule has 0 saturated carbocycles. The number of amides is 5. The highest BCUT2D eigenvalue weighted by molar-refractivity contribution is 6.10. The zero-order chi connectivity index (χ0) is 22.8. The second-order valence-corrected chi connectivity index (χ2v) is 7.10. The molecule has 1 aliphatic heterocycles. The zero-order valence-electron chi connectivity index (χ0n) is 17.1. The first-order chi connectivity index (χ1) is 14.6. The van der Waals surface area contributed by atoms with Crippen LogP contribution in [0.25, 0.3) is 0 Å². The molecule has 31 heavy (non-hydrogen) atoms. The van der Waals surface area contributed by atoms with Crippen LogP contribution in [0.3, 0.4) is 0 Å². The standard InChI is InChI=1S/C21H21FN4O5/c1-12(27)23-16-10-15(8-9-17(16)31-3)24-18(28)11-26-19(29)21(2,25-20(26)30)13-4-6-14(22)7-5-13/h4-10H,11H2,1-3H3,(H,23,27)(H,24,28)(H,25,30). The van der Waals surface area contributed by atoms with Gasteiger partial charge in [-0.15, -0.1) is 0 Å². The minimum absolute atomic E-state index is 0.318. The second-order valence-electron chi connectivity index (χ2n) is 7.10. The number of hydrogen-bond acceptors (Lipinski definition) is 5. The number of carbonyl (C=O) groups is 4. The van der Waals surface area contributed by atoms with Gasteiger partial charge in [0.1, 0.15) is 23.7 Å². The van der Waals surface area contributed by atoms with Gasteiger partial charge in [0.15, 0.2) is 0 Å². The van der Waals surface area contributed by atoms with E-state index in [1.165, 1.54) is 51.3 Å². The Labute approximate surface area is 177 Å². The molecule has 1 saturated heterocycles. The maximum Gasteiger partial charge on any atom is 0.325 e. The minimum atomic E-state index is -1.41. The first-order valence-corrected chi connectivity index (χ1v) is 9.29. The van der Waals surface area contributed by atoms with Gasteiger partial charge in [-0.05, 0) is 42.8 Å². The Hall–Kier alpha value is -3.95. The molecule has 0 spiro atoms. The van der Waals surface area contributed by atoms with Gasteiger partial charge in [-0.25, -0.2) is 9.18 Å². The van der Waals surface area contributed by atoms with E-state index < -0.39 is 35.7 Å². The highest BCUT2D eigenvalue weighted by atomic mass is 19.1. The molecule has 0 bridgehead atoms. The molecular weight excluding hydrogens is 407 g/mol. The minimum Gasteiger partial charge on any atom is -0.495 e. The maximum absolute atomic E-state index is 13.2. The number of benzene rings is 2. The smallest absolute Gasteiger partial charge is 0.325 e. The van der Waals surface area contributed by atoms with Crippen LogP contribution in [0.2, 0.25) is 0 Å². The largest absolute Gasteiger partial charge is 0.495 e. The van der Waals surface area contributed by atoms with Crippen LogP contribution in [-0.4, -0.2) is 42.3 Å². The van der Waals surface area contributed by atoms with Crippen molar-refractivity contribution in [3.63, 3.8) is 0 Å². The second kappa shape index (κ2) is 8.42. The van der Waals surface area contributed by atoms with Crippen LogP contribution >= 0.6 is 0 Å². The van der Waals surface area contributed by atoms with Crippen molar-refractivity contribution >= 4 is 35.1 Å². The van der Waals surface area contributed by atoms with Gasteiger partial charge in [0.2, 0.25) is 11.8 Å². The van der Waals surface area contributed by atoms with Gasteiger partial charge in [0.05, 0.1) is 12.8 Å². The van der Waals surface area contributed by atoms with Crippen molar-refractivity contribution in [3.8, 4) is 5.75 Å². The monoisotopic (exact) mass is 428 g/mol. The van der Waals surface area contributed by atoms with Gasteiger partial charge in [0, 0.05) is 12.6 Å². The quantitative estimate of drug-likeness (QED) is 0.610. The van der Waals surface area contributed by atoms with Crippen molar-refractivity contribution in [2.45, 2.75) is 19.4 Å². The normalized spacial score (nSPS) is 17.9. The maximum atomic E-state index is 13.2. The number of methoxy groups -OCH3 is 1. The Bertz CT molecular complexity index is 1060. The summed E-state index contributed by atoms with van der Waals surface area (Å²) in [5, 5.41) is 7.72. The average molecular weight is 428 g/mol. The predicted octanol–water partition coefficient (Wildman–Crippen LogP) is 2.20. The molecule has 10 heteroatoms. The van der Waals surface area contributed by atoms with E-state index in [1.807, 2.05) is 0 Å². The lowest BCUT2D eigenvalue weighted by molar-refractivity contribution is -0.133. The Morgan fingerprint density at radius 2 is 1.81 bits per heavy atom. The number of rotatable bonds is 6. The highest BCUT2D eigenvalue weighted by Gasteiger charge is 2.49. The molecule has 1 aliphatic rings. The van der Waals surface area contributed by atoms with Crippen LogP contribution in [-0.2, 0) is 19.9 Å².